The molecular formula is C11H12N2O. The molecule has 0 saturated carbocycles. The van der Waals surface area contributed by atoms with Crippen molar-refractivity contribution in [2.24, 2.45) is 5.73 Å². The van der Waals surface area contributed by atoms with E-state index >= 15 is 0 Å². The summed E-state index contributed by atoms with van der Waals surface area (Å²) in [7, 11) is 0. The molecule has 1 aliphatic rings. The lowest BCUT2D eigenvalue weighted by molar-refractivity contribution is 0.447. The van der Waals surface area contributed by atoms with Gasteiger partial charge >= 0.3 is 0 Å². The third kappa shape index (κ3) is 1.24. The van der Waals surface area contributed by atoms with Gasteiger partial charge in [-0.05, 0) is 37.0 Å². The molecule has 0 aliphatic heterocycles. The molecule has 0 saturated heterocycles. The number of aromatic hydroxyl groups is 1. The molecule has 1 unspecified atom stereocenters. The average Bonchev–Trinajstić information content (AvgIpc) is 2.18. The Bertz CT molecular complexity index is 406. The second-order valence-corrected chi connectivity index (χ2v) is 3.64. The summed E-state index contributed by atoms with van der Waals surface area (Å²) in [5.41, 5.74) is 8.26. The molecule has 2 rings (SSSR count). The van der Waals surface area contributed by atoms with Crippen LogP contribution in [0.1, 0.15) is 35.6 Å². The third-order valence-corrected chi connectivity index (χ3v) is 2.77. The number of rotatable bonds is 0. The molecule has 0 heterocycles. The van der Waals surface area contributed by atoms with E-state index in [1.165, 1.54) is 0 Å². The highest BCUT2D eigenvalue weighted by molar-refractivity contribution is 5.51. The fraction of sp³-hybridized carbons (Fsp3) is 0.364. The van der Waals surface area contributed by atoms with Gasteiger partial charge in [0.1, 0.15) is 5.75 Å². The number of nitrogens with two attached hydrogens (primary N) is 1. The van der Waals surface area contributed by atoms with Crippen molar-refractivity contribution in [1.82, 2.24) is 0 Å². The smallest absolute Gasteiger partial charge is 0.120 e. The van der Waals surface area contributed by atoms with Crippen LogP contribution in [0.3, 0.4) is 0 Å². The summed E-state index contributed by atoms with van der Waals surface area (Å²) < 4.78 is 0. The van der Waals surface area contributed by atoms with E-state index in [-0.39, 0.29) is 11.8 Å². The van der Waals surface area contributed by atoms with Gasteiger partial charge in [-0.1, -0.05) is 0 Å². The second kappa shape index (κ2) is 3.32. The first-order valence-corrected chi connectivity index (χ1v) is 4.74. The Kier molecular flexibility index (Phi) is 2.14. The van der Waals surface area contributed by atoms with E-state index in [2.05, 4.69) is 6.07 Å². The zero-order valence-electron chi connectivity index (χ0n) is 7.83. The molecule has 1 aromatic carbocycles. The number of hydrogen-bond donors (Lipinski definition) is 2. The van der Waals surface area contributed by atoms with E-state index in [9.17, 15) is 5.11 Å². The molecule has 1 aromatic rings. The topological polar surface area (TPSA) is 70.0 Å². The van der Waals surface area contributed by atoms with Gasteiger partial charge in [0.05, 0.1) is 11.6 Å². The van der Waals surface area contributed by atoms with Crippen molar-refractivity contribution in [2.75, 3.05) is 0 Å². The highest BCUT2D eigenvalue weighted by Gasteiger charge is 2.22. The largest absolute Gasteiger partial charge is 0.508 e. The van der Waals surface area contributed by atoms with Crippen LogP contribution >= 0.6 is 0 Å². The Hall–Kier alpha value is -1.53. The molecule has 0 aromatic heterocycles. The summed E-state index contributed by atoms with van der Waals surface area (Å²) >= 11 is 0. The van der Waals surface area contributed by atoms with Crippen molar-refractivity contribution >= 4 is 0 Å². The Morgan fingerprint density at radius 1 is 1.50 bits per heavy atom. The Labute approximate surface area is 82.8 Å². The summed E-state index contributed by atoms with van der Waals surface area (Å²) in [6, 6.07) is 5.23. The van der Waals surface area contributed by atoms with Gasteiger partial charge in [0.15, 0.2) is 0 Å². The van der Waals surface area contributed by atoms with E-state index in [0.29, 0.717) is 5.56 Å². The fourth-order valence-corrected chi connectivity index (χ4v) is 2.08. The summed E-state index contributed by atoms with van der Waals surface area (Å²) in [6.07, 6.45) is 2.72. The van der Waals surface area contributed by atoms with Crippen LogP contribution in [-0.2, 0) is 6.42 Å². The molecule has 0 radical (unpaired) electrons. The third-order valence-electron chi connectivity index (χ3n) is 2.77. The zero-order chi connectivity index (χ0) is 10.1. The number of benzene rings is 1. The molecule has 1 aliphatic carbocycles. The van der Waals surface area contributed by atoms with E-state index in [1.807, 2.05) is 0 Å². The number of fused-ring (bicyclic) bond motifs is 1. The molecule has 3 N–H and O–H groups in total. The van der Waals surface area contributed by atoms with Gasteiger partial charge in [0.25, 0.3) is 0 Å². The van der Waals surface area contributed by atoms with Crippen molar-refractivity contribution in [1.29, 1.82) is 5.26 Å². The van der Waals surface area contributed by atoms with Crippen LogP contribution in [-0.4, -0.2) is 5.11 Å². The van der Waals surface area contributed by atoms with Crippen LogP contribution in [0, 0.1) is 11.3 Å². The van der Waals surface area contributed by atoms with E-state index in [1.54, 1.807) is 12.1 Å². The molecule has 0 fully saturated rings. The van der Waals surface area contributed by atoms with E-state index in [4.69, 9.17) is 11.0 Å². The van der Waals surface area contributed by atoms with Gasteiger partial charge in [0, 0.05) is 11.6 Å². The molecule has 0 bridgehead atoms. The Morgan fingerprint density at radius 3 is 3.00 bits per heavy atom. The fourth-order valence-electron chi connectivity index (χ4n) is 2.08. The van der Waals surface area contributed by atoms with Crippen molar-refractivity contribution in [3.63, 3.8) is 0 Å². The summed E-state index contributed by atoms with van der Waals surface area (Å²) in [6.45, 7) is 0. The molecule has 1 atom stereocenters. The Balaban J connectivity index is 2.65. The van der Waals surface area contributed by atoms with Crippen molar-refractivity contribution < 1.29 is 5.11 Å². The predicted molar refractivity (Wildman–Crippen MR) is 52.7 cm³/mol. The molecule has 72 valence electrons. The minimum Gasteiger partial charge on any atom is -0.508 e. The quantitative estimate of drug-likeness (QED) is 0.649. The molecule has 0 amide bonds. The molecule has 3 heteroatoms. The maximum atomic E-state index is 9.66. The minimum absolute atomic E-state index is 0.118. The molecule has 3 nitrogen and oxygen atoms in total. The van der Waals surface area contributed by atoms with Crippen LogP contribution in [0.15, 0.2) is 12.1 Å². The first kappa shape index (κ1) is 9.04. The van der Waals surface area contributed by atoms with Crippen LogP contribution in [0.4, 0.5) is 0 Å². The lowest BCUT2D eigenvalue weighted by Gasteiger charge is -2.23. The van der Waals surface area contributed by atoms with E-state index in [0.717, 1.165) is 30.4 Å². The number of nitriles is 1. The zero-order valence-corrected chi connectivity index (χ0v) is 7.83. The van der Waals surface area contributed by atoms with Gasteiger partial charge < -0.3 is 10.8 Å². The van der Waals surface area contributed by atoms with Gasteiger partial charge in [-0.3, -0.25) is 0 Å². The number of phenolic OH excluding ortho intramolecular Hbond substituents is 1. The van der Waals surface area contributed by atoms with Gasteiger partial charge in [0.2, 0.25) is 0 Å². The molecule has 14 heavy (non-hydrogen) atoms. The van der Waals surface area contributed by atoms with Gasteiger partial charge in [-0.15, -0.1) is 0 Å². The lowest BCUT2D eigenvalue weighted by atomic mass is 9.85. The normalized spacial score (nSPS) is 19.9. The standard InChI is InChI=1S/C11H12N2O/c12-6-7-4-5-10(14)11-8(7)2-1-3-9(11)13/h4-5,9,14H,1-3,13H2. The highest BCUT2D eigenvalue weighted by Crippen LogP contribution is 2.36. The summed E-state index contributed by atoms with van der Waals surface area (Å²) in [4.78, 5) is 0. The first-order chi connectivity index (χ1) is 6.74. The predicted octanol–water partition coefficient (Wildman–Crippen LogP) is 1.60. The molecule has 0 spiro atoms. The van der Waals surface area contributed by atoms with E-state index < -0.39 is 0 Å². The van der Waals surface area contributed by atoms with Crippen molar-refractivity contribution in [3.05, 3.63) is 28.8 Å². The van der Waals surface area contributed by atoms with Gasteiger partial charge in [-0.25, -0.2) is 0 Å². The number of phenols is 1. The van der Waals surface area contributed by atoms with Gasteiger partial charge in [-0.2, -0.15) is 5.26 Å². The first-order valence-electron chi connectivity index (χ1n) is 4.74. The Morgan fingerprint density at radius 2 is 2.29 bits per heavy atom. The lowest BCUT2D eigenvalue weighted by Crippen LogP contribution is -2.18. The number of nitrogens with zero attached hydrogens (tertiary/aromatic N) is 1. The highest BCUT2D eigenvalue weighted by atomic mass is 16.3. The maximum Gasteiger partial charge on any atom is 0.120 e. The van der Waals surface area contributed by atoms with Crippen molar-refractivity contribution in [3.8, 4) is 11.8 Å². The van der Waals surface area contributed by atoms with Crippen LogP contribution in [0.2, 0.25) is 0 Å². The summed E-state index contributed by atoms with van der Waals surface area (Å²) in [5, 5.41) is 18.6. The molecular weight excluding hydrogens is 176 g/mol. The average molecular weight is 188 g/mol. The SMILES string of the molecule is N#Cc1ccc(O)c2c1CCCC2N. The summed E-state index contributed by atoms with van der Waals surface area (Å²) in [5.74, 6) is 0.228. The van der Waals surface area contributed by atoms with Crippen LogP contribution in [0.25, 0.3) is 0 Å². The monoisotopic (exact) mass is 188 g/mol. The minimum atomic E-state index is -0.118. The number of hydrogen-bond acceptors (Lipinski definition) is 3. The maximum absolute atomic E-state index is 9.66. The second-order valence-electron chi connectivity index (χ2n) is 3.64. The van der Waals surface area contributed by atoms with Crippen LogP contribution < -0.4 is 5.73 Å². The van der Waals surface area contributed by atoms with Crippen LogP contribution in [0.5, 0.6) is 5.75 Å². The van der Waals surface area contributed by atoms with Crippen molar-refractivity contribution in [2.45, 2.75) is 25.3 Å².